The van der Waals surface area contributed by atoms with Crippen molar-refractivity contribution in [1.29, 1.82) is 0 Å². The standard InChI is InChI=1S/C21H17ClN2O2/c22-17-8-7-14-9-10-23-20(19(14)12-17)15-3-5-16(6-4-15)21(25)24-13-18-2-1-11-26-18/h1-8,11-12H,9-10,13H2,(H,24,25). The number of nitrogens with one attached hydrogen (secondary N) is 1. The molecule has 0 spiro atoms. The molecule has 0 atom stereocenters. The number of hydrogen-bond acceptors (Lipinski definition) is 3. The predicted molar refractivity (Wildman–Crippen MR) is 102 cm³/mol. The van der Waals surface area contributed by atoms with Crippen LogP contribution in [0.25, 0.3) is 0 Å². The smallest absolute Gasteiger partial charge is 0.251 e. The molecule has 0 fully saturated rings. The van der Waals surface area contributed by atoms with Crippen LogP contribution in [0.2, 0.25) is 5.02 Å². The Morgan fingerprint density at radius 3 is 2.77 bits per heavy atom. The Balaban J connectivity index is 1.52. The molecule has 130 valence electrons. The molecule has 1 amide bonds. The van der Waals surface area contributed by atoms with Gasteiger partial charge in [-0.2, -0.15) is 0 Å². The first-order valence-electron chi connectivity index (χ1n) is 8.45. The van der Waals surface area contributed by atoms with Gasteiger partial charge in [0.05, 0.1) is 18.5 Å². The number of aliphatic imine (C=N–C) groups is 1. The monoisotopic (exact) mass is 364 g/mol. The van der Waals surface area contributed by atoms with E-state index in [4.69, 9.17) is 16.0 Å². The molecule has 1 aliphatic heterocycles. The first-order valence-corrected chi connectivity index (χ1v) is 8.83. The van der Waals surface area contributed by atoms with Crippen LogP contribution in [0.4, 0.5) is 0 Å². The van der Waals surface area contributed by atoms with Gasteiger partial charge in [0.25, 0.3) is 5.91 Å². The molecule has 0 saturated carbocycles. The summed E-state index contributed by atoms with van der Waals surface area (Å²) in [6, 6.07) is 17.0. The molecule has 26 heavy (non-hydrogen) atoms. The van der Waals surface area contributed by atoms with E-state index in [1.54, 1.807) is 12.3 Å². The normalized spacial score (nSPS) is 13.0. The highest BCUT2D eigenvalue weighted by molar-refractivity contribution is 6.31. The Morgan fingerprint density at radius 2 is 2.00 bits per heavy atom. The molecule has 1 N–H and O–H groups in total. The molecule has 0 unspecified atom stereocenters. The van der Waals surface area contributed by atoms with Crippen molar-refractivity contribution in [3.8, 4) is 0 Å². The summed E-state index contributed by atoms with van der Waals surface area (Å²) in [4.78, 5) is 16.9. The number of fused-ring (bicyclic) bond motifs is 1. The number of hydrogen-bond donors (Lipinski definition) is 1. The topological polar surface area (TPSA) is 54.6 Å². The highest BCUT2D eigenvalue weighted by Crippen LogP contribution is 2.24. The third kappa shape index (κ3) is 3.41. The summed E-state index contributed by atoms with van der Waals surface area (Å²) in [5.74, 6) is 0.585. The van der Waals surface area contributed by atoms with E-state index < -0.39 is 0 Å². The largest absolute Gasteiger partial charge is 0.467 e. The second kappa shape index (κ2) is 7.18. The van der Waals surface area contributed by atoms with Crippen LogP contribution in [0.5, 0.6) is 0 Å². The van der Waals surface area contributed by atoms with Crippen LogP contribution < -0.4 is 5.32 Å². The molecule has 0 aliphatic carbocycles. The zero-order valence-electron chi connectivity index (χ0n) is 14.0. The van der Waals surface area contributed by atoms with E-state index in [2.05, 4.69) is 16.4 Å². The molecular weight excluding hydrogens is 348 g/mol. The lowest BCUT2D eigenvalue weighted by Crippen LogP contribution is -2.22. The lowest BCUT2D eigenvalue weighted by Gasteiger charge is -2.17. The Morgan fingerprint density at radius 1 is 1.15 bits per heavy atom. The molecule has 0 saturated heterocycles. The number of rotatable bonds is 4. The van der Waals surface area contributed by atoms with Gasteiger partial charge in [0.15, 0.2) is 0 Å². The summed E-state index contributed by atoms with van der Waals surface area (Å²) in [5.41, 5.74) is 4.83. The third-order valence-electron chi connectivity index (χ3n) is 4.40. The zero-order chi connectivity index (χ0) is 17.9. The molecule has 4 nitrogen and oxygen atoms in total. The maximum atomic E-state index is 12.3. The summed E-state index contributed by atoms with van der Waals surface area (Å²) < 4.78 is 5.22. The van der Waals surface area contributed by atoms with Gasteiger partial charge in [-0.05, 0) is 48.4 Å². The zero-order valence-corrected chi connectivity index (χ0v) is 14.8. The number of carbonyl (C=O) groups excluding carboxylic acids is 1. The van der Waals surface area contributed by atoms with Gasteiger partial charge in [-0.3, -0.25) is 9.79 Å². The van der Waals surface area contributed by atoms with Gasteiger partial charge < -0.3 is 9.73 Å². The fraction of sp³-hybridized carbons (Fsp3) is 0.143. The number of benzene rings is 2. The van der Waals surface area contributed by atoms with Gasteiger partial charge in [0.1, 0.15) is 5.76 Å². The van der Waals surface area contributed by atoms with E-state index in [-0.39, 0.29) is 5.91 Å². The van der Waals surface area contributed by atoms with E-state index in [0.717, 1.165) is 35.6 Å². The van der Waals surface area contributed by atoms with E-state index in [1.165, 1.54) is 5.56 Å². The highest BCUT2D eigenvalue weighted by Gasteiger charge is 2.16. The van der Waals surface area contributed by atoms with Gasteiger partial charge in [0.2, 0.25) is 0 Å². The molecule has 0 radical (unpaired) electrons. The summed E-state index contributed by atoms with van der Waals surface area (Å²) in [6.45, 7) is 1.13. The highest BCUT2D eigenvalue weighted by atomic mass is 35.5. The van der Waals surface area contributed by atoms with Crippen molar-refractivity contribution in [3.05, 3.63) is 93.9 Å². The molecule has 2 aromatic carbocycles. The molecule has 4 rings (SSSR count). The summed E-state index contributed by atoms with van der Waals surface area (Å²) in [6.07, 6.45) is 2.51. The Labute approximate surface area is 156 Å². The minimum atomic E-state index is -0.137. The van der Waals surface area contributed by atoms with Crippen molar-refractivity contribution in [1.82, 2.24) is 5.32 Å². The second-order valence-corrected chi connectivity index (χ2v) is 6.56. The Kier molecular flexibility index (Phi) is 4.59. The minimum Gasteiger partial charge on any atom is -0.467 e. The van der Waals surface area contributed by atoms with Gasteiger partial charge in [0, 0.05) is 28.3 Å². The average molecular weight is 365 g/mol. The number of amides is 1. The minimum absolute atomic E-state index is 0.137. The van der Waals surface area contributed by atoms with Crippen LogP contribution in [-0.4, -0.2) is 18.2 Å². The van der Waals surface area contributed by atoms with Crippen LogP contribution in [-0.2, 0) is 13.0 Å². The molecule has 2 heterocycles. The van der Waals surface area contributed by atoms with Crippen LogP contribution >= 0.6 is 11.6 Å². The van der Waals surface area contributed by atoms with E-state index >= 15 is 0 Å². The van der Waals surface area contributed by atoms with E-state index in [0.29, 0.717) is 17.1 Å². The first kappa shape index (κ1) is 16.6. The second-order valence-electron chi connectivity index (χ2n) is 6.12. The fourth-order valence-corrected chi connectivity index (χ4v) is 3.24. The fourth-order valence-electron chi connectivity index (χ4n) is 3.07. The lowest BCUT2D eigenvalue weighted by atomic mass is 9.93. The van der Waals surface area contributed by atoms with E-state index in [9.17, 15) is 4.79 Å². The Bertz CT molecular complexity index is 960. The SMILES string of the molecule is O=C(NCc1ccco1)c1ccc(C2=NCCc3ccc(Cl)cc32)cc1. The summed E-state index contributed by atoms with van der Waals surface area (Å²) in [7, 11) is 0. The average Bonchev–Trinajstić information content (AvgIpc) is 3.19. The third-order valence-corrected chi connectivity index (χ3v) is 4.64. The molecule has 3 aromatic rings. The van der Waals surface area contributed by atoms with Gasteiger partial charge in [-0.1, -0.05) is 29.8 Å². The quantitative estimate of drug-likeness (QED) is 0.752. The lowest BCUT2D eigenvalue weighted by molar-refractivity contribution is 0.0948. The summed E-state index contributed by atoms with van der Waals surface area (Å²) in [5, 5.41) is 3.54. The van der Waals surface area contributed by atoms with Crippen molar-refractivity contribution in [2.24, 2.45) is 4.99 Å². The molecule has 1 aliphatic rings. The van der Waals surface area contributed by atoms with Crippen molar-refractivity contribution in [2.75, 3.05) is 6.54 Å². The van der Waals surface area contributed by atoms with Crippen LogP contribution in [0.15, 0.2) is 70.3 Å². The van der Waals surface area contributed by atoms with Crippen LogP contribution in [0.3, 0.4) is 0 Å². The molecule has 0 bridgehead atoms. The van der Waals surface area contributed by atoms with E-state index in [1.807, 2.05) is 42.5 Å². The number of nitrogens with zero attached hydrogens (tertiary/aromatic N) is 1. The molecule has 5 heteroatoms. The van der Waals surface area contributed by atoms with Gasteiger partial charge in [-0.25, -0.2) is 0 Å². The van der Waals surface area contributed by atoms with Crippen molar-refractivity contribution < 1.29 is 9.21 Å². The van der Waals surface area contributed by atoms with Crippen LogP contribution in [0, 0.1) is 0 Å². The Hall–Kier alpha value is -2.85. The molecular formula is C21H17ClN2O2. The van der Waals surface area contributed by atoms with Crippen molar-refractivity contribution >= 4 is 23.2 Å². The number of carbonyl (C=O) groups is 1. The number of furan rings is 1. The predicted octanol–water partition coefficient (Wildman–Crippen LogP) is 4.26. The number of halogens is 1. The maximum Gasteiger partial charge on any atom is 0.251 e. The summed E-state index contributed by atoms with van der Waals surface area (Å²) >= 11 is 6.16. The van der Waals surface area contributed by atoms with Gasteiger partial charge >= 0.3 is 0 Å². The molecule has 1 aromatic heterocycles. The van der Waals surface area contributed by atoms with Crippen molar-refractivity contribution in [2.45, 2.75) is 13.0 Å². The van der Waals surface area contributed by atoms with Crippen LogP contribution in [0.1, 0.15) is 32.8 Å². The maximum absolute atomic E-state index is 12.3. The van der Waals surface area contributed by atoms with Crippen molar-refractivity contribution in [3.63, 3.8) is 0 Å². The first-order chi connectivity index (χ1) is 12.7. The van der Waals surface area contributed by atoms with Gasteiger partial charge in [-0.15, -0.1) is 0 Å².